The number of carbonyl (C=O) groups excluding carboxylic acids is 1. The fourth-order valence-corrected chi connectivity index (χ4v) is 4.24. The number of allylic oxidation sites excluding steroid dienone is 2. The first-order valence-electron chi connectivity index (χ1n) is 7.95. The van der Waals surface area contributed by atoms with Crippen LogP contribution in [0.25, 0.3) is 0 Å². The van der Waals surface area contributed by atoms with Gasteiger partial charge in [0.15, 0.2) is 0 Å². The average Bonchev–Trinajstić information content (AvgIpc) is 2.97. The van der Waals surface area contributed by atoms with Crippen LogP contribution in [-0.2, 0) is 4.79 Å². The number of amides is 1. The molecule has 1 heterocycles. The van der Waals surface area contributed by atoms with E-state index in [0.29, 0.717) is 11.8 Å². The van der Waals surface area contributed by atoms with E-state index in [1.807, 2.05) is 6.92 Å². The van der Waals surface area contributed by atoms with Crippen LogP contribution < -0.4 is 0 Å². The number of hydrogen-bond acceptors (Lipinski definition) is 2. The summed E-state index contributed by atoms with van der Waals surface area (Å²) in [5, 5.41) is 0. The molecule has 0 aromatic heterocycles. The van der Waals surface area contributed by atoms with E-state index in [1.165, 1.54) is 12.1 Å². The zero-order chi connectivity index (χ0) is 15.5. The van der Waals surface area contributed by atoms with Gasteiger partial charge in [0.05, 0.1) is 0 Å². The molecule has 2 nitrogen and oxygen atoms in total. The van der Waals surface area contributed by atoms with Crippen LogP contribution in [-0.4, -0.2) is 29.6 Å². The van der Waals surface area contributed by atoms with Crippen molar-refractivity contribution in [3.05, 3.63) is 42.2 Å². The molecule has 1 aromatic rings. The monoisotopic (exact) mass is 319 g/mol. The van der Waals surface area contributed by atoms with Crippen molar-refractivity contribution in [3.8, 4) is 0 Å². The van der Waals surface area contributed by atoms with Crippen molar-refractivity contribution in [1.82, 2.24) is 4.90 Å². The number of rotatable bonds is 4. The molecule has 2 aliphatic rings. The maximum Gasteiger partial charge on any atom is 0.226 e. The van der Waals surface area contributed by atoms with E-state index in [9.17, 15) is 9.18 Å². The third-order valence-corrected chi connectivity index (χ3v) is 5.94. The molecular weight excluding hydrogens is 297 g/mol. The Morgan fingerprint density at radius 2 is 1.82 bits per heavy atom. The summed E-state index contributed by atoms with van der Waals surface area (Å²) in [6, 6.07) is 6.47. The number of carbonyl (C=O) groups is 1. The van der Waals surface area contributed by atoms with Crippen molar-refractivity contribution in [2.75, 3.05) is 18.8 Å². The summed E-state index contributed by atoms with van der Waals surface area (Å²) in [4.78, 5) is 15.7. The third-order valence-electron chi connectivity index (χ3n) is 4.67. The largest absolute Gasteiger partial charge is 0.342 e. The van der Waals surface area contributed by atoms with E-state index in [1.54, 1.807) is 23.9 Å². The van der Waals surface area contributed by atoms with Crippen LogP contribution in [0.15, 0.2) is 41.3 Å². The summed E-state index contributed by atoms with van der Waals surface area (Å²) < 4.78 is 12.9. The SMILES string of the molecule is C[C@H](CSc1ccc(F)cc1)C(=O)N1C[C@H]2CC=CC[C@@H]2C1. The normalized spacial score (nSPS) is 25.1. The summed E-state index contributed by atoms with van der Waals surface area (Å²) in [5.74, 6) is 2.11. The minimum Gasteiger partial charge on any atom is -0.342 e. The minimum absolute atomic E-state index is 0.00293. The van der Waals surface area contributed by atoms with Gasteiger partial charge in [-0.25, -0.2) is 4.39 Å². The highest BCUT2D eigenvalue weighted by Gasteiger charge is 2.36. The van der Waals surface area contributed by atoms with Crippen LogP contribution in [0.1, 0.15) is 19.8 Å². The molecular formula is C18H22FNOS. The van der Waals surface area contributed by atoms with Gasteiger partial charge in [-0.2, -0.15) is 0 Å². The number of thioether (sulfide) groups is 1. The van der Waals surface area contributed by atoms with Gasteiger partial charge in [-0.1, -0.05) is 19.1 Å². The first kappa shape index (κ1) is 15.6. The lowest BCUT2D eigenvalue weighted by atomic mass is 9.86. The molecule has 1 aliphatic carbocycles. The van der Waals surface area contributed by atoms with Crippen LogP contribution in [0.4, 0.5) is 4.39 Å². The summed E-state index contributed by atoms with van der Waals surface area (Å²) in [7, 11) is 0. The molecule has 1 fully saturated rings. The van der Waals surface area contributed by atoms with E-state index < -0.39 is 0 Å². The number of hydrogen-bond donors (Lipinski definition) is 0. The van der Waals surface area contributed by atoms with Gasteiger partial charge in [0.2, 0.25) is 5.91 Å². The molecule has 1 aromatic carbocycles. The highest BCUT2D eigenvalue weighted by molar-refractivity contribution is 7.99. The van der Waals surface area contributed by atoms with Gasteiger partial charge >= 0.3 is 0 Å². The zero-order valence-corrected chi connectivity index (χ0v) is 13.7. The lowest BCUT2D eigenvalue weighted by Gasteiger charge is -2.20. The molecule has 1 saturated heterocycles. The standard InChI is InChI=1S/C18H22FNOS/c1-13(12-22-17-8-6-16(19)7-9-17)18(21)20-10-14-4-2-3-5-15(14)11-20/h2-3,6-9,13-15H,4-5,10-12H2,1H3/t13-,14-,15-/m1/s1. The smallest absolute Gasteiger partial charge is 0.226 e. The maximum absolute atomic E-state index is 12.9. The maximum atomic E-state index is 12.9. The second kappa shape index (κ2) is 6.86. The molecule has 0 radical (unpaired) electrons. The summed E-state index contributed by atoms with van der Waals surface area (Å²) in [6.45, 7) is 3.83. The molecule has 0 bridgehead atoms. The molecule has 0 saturated carbocycles. The van der Waals surface area contributed by atoms with Crippen LogP contribution in [0, 0.1) is 23.6 Å². The Bertz CT molecular complexity index is 541. The number of nitrogens with zero attached hydrogens (tertiary/aromatic N) is 1. The van der Waals surface area contributed by atoms with E-state index >= 15 is 0 Å². The van der Waals surface area contributed by atoms with Crippen molar-refractivity contribution in [1.29, 1.82) is 0 Å². The molecule has 0 spiro atoms. The second-order valence-electron chi connectivity index (χ2n) is 6.37. The third kappa shape index (κ3) is 3.54. The Morgan fingerprint density at radius 1 is 1.23 bits per heavy atom. The lowest BCUT2D eigenvalue weighted by Crippen LogP contribution is -2.34. The molecule has 3 rings (SSSR count). The average molecular weight is 319 g/mol. The minimum atomic E-state index is -0.221. The molecule has 3 atom stereocenters. The van der Waals surface area contributed by atoms with Crippen molar-refractivity contribution >= 4 is 17.7 Å². The van der Waals surface area contributed by atoms with Crippen molar-refractivity contribution in [2.45, 2.75) is 24.7 Å². The van der Waals surface area contributed by atoms with Gasteiger partial charge in [0.1, 0.15) is 5.82 Å². The first-order chi connectivity index (χ1) is 10.6. The summed E-state index contributed by atoms with van der Waals surface area (Å²) in [5.41, 5.74) is 0. The van der Waals surface area contributed by atoms with E-state index in [4.69, 9.17) is 0 Å². The van der Waals surface area contributed by atoms with Crippen LogP contribution >= 0.6 is 11.8 Å². The Hall–Kier alpha value is -1.29. The number of likely N-dealkylation sites (tertiary alicyclic amines) is 1. The molecule has 1 amide bonds. The molecule has 22 heavy (non-hydrogen) atoms. The topological polar surface area (TPSA) is 20.3 Å². The van der Waals surface area contributed by atoms with Gasteiger partial charge in [0, 0.05) is 29.7 Å². The second-order valence-corrected chi connectivity index (χ2v) is 7.47. The molecule has 0 N–H and O–H groups in total. The molecule has 1 aliphatic heterocycles. The van der Waals surface area contributed by atoms with E-state index in [-0.39, 0.29) is 17.6 Å². The Kier molecular flexibility index (Phi) is 4.87. The van der Waals surface area contributed by atoms with E-state index in [0.717, 1.165) is 36.6 Å². The van der Waals surface area contributed by atoms with Crippen LogP contribution in [0.2, 0.25) is 0 Å². The van der Waals surface area contributed by atoms with Crippen molar-refractivity contribution in [3.63, 3.8) is 0 Å². The summed E-state index contributed by atoms with van der Waals surface area (Å²) >= 11 is 1.62. The predicted molar refractivity (Wildman–Crippen MR) is 88.2 cm³/mol. The van der Waals surface area contributed by atoms with Crippen LogP contribution in [0.3, 0.4) is 0 Å². The van der Waals surface area contributed by atoms with Crippen molar-refractivity contribution < 1.29 is 9.18 Å². The Labute approximate surface area is 135 Å². The highest BCUT2D eigenvalue weighted by Crippen LogP contribution is 2.33. The zero-order valence-electron chi connectivity index (χ0n) is 12.9. The Balaban J connectivity index is 1.51. The van der Waals surface area contributed by atoms with Gasteiger partial charge in [0.25, 0.3) is 0 Å². The van der Waals surface area contributed by atoms with Gasteiger partial charge < -0.3 is 4.90 Å². The lowest BCUT2D eigenvalue weighted by molar-refractivity contribution is -0.133. The van der Waals surface area contributed by atoms with Crippen LogP contribution in [0.5, 0.6) is 0 Å². The fraction of sp³-hybridized carbons (Fsp3) is 0.500. The summed E-state index contributed by atoms with van der Waals surface area (Å²) in [6.07, 6.45) is 6.74. The fourth-order valence-electron chi connectivity index (χ4n) is 3.33. The first-order valence-corrected chi connectivity index (χ1v) is 8.94. The predicted octanol–water partition coefficient (Wildman–Crippen LogP) is 3.98. The molecule has 0 unspecified atom stereocenters. The van der Waals surface area contributed by atoms with Gasteiger partial charge in [-0.05, 0) is 48.9 Å². The Morgan fingerprint density at radius 3 is 2.41 bits per heavy atom. The number of benzene rings is 1. The quantitative estimate of drug-likeness (QED) is 0.618. The van der Waals surface area contributed by atoms with E-state index in [2.05, 4.69) is 17.1 Å². The molecule has 4 heteroatoms. The molecule has 118 valence electrons. The van der Waals surface area contributed by atoms with Gasteiger partial charge in [-0.15, -0.1) is 11.8 Å². The number of halogens is 1. The number of fused-ring (bicyclic) bond motifs is 1. The van der Waals surface area contributed by atoms with Gasteiger partial charge in [-0.3, -0.25) is 4.79 Å². The van der Waals surface area contributed by atoms with Crippen molar-refractivity contribution in [2.24, 2.45) is 17.8 Å². The highest BCUT2D eigenvalue weighted by atomic mass is 32.2.